The van der Waals surface area contributed by atoms with E-state index in [-0.39, 0.29) is 17.5 Å². The van der Waals surface area contributed by atoms with E-state index in [1.54, 1.807) is 6.92 Å². The highest BCUT2D eigenvalue weighted by Crippen LogP contribution is 2.22. The number of carbonyl (C=O) groups excluding carboxylic acids is 2. The fourth-order valence-electron chi connectivity index (χ4n) is 3.33. The van der Waals surface area contributed by atoms with Crippen molar-refractivity contribution in [2.45, 2.75) is 25.8 Å². The Hall–Kier alpha value is -2.80. The third kappa shape index (κ3) is 4.92. The van der Waals surface area contributed by atoms with Crippen LogP contribution in [0.25, 0.3) is 0 Å². The van der Waals surface area contributed by atoms with E-state index in [1.165, 1.54) is 0 Å². The topological polar surface area (TPSA) is 61.4 Å². The molecule has 1 fully saturated rings. The molecule has 148 valence electrons. The number of likely N-dealkylation sites (tertiary alicyclic amines) is 1. The molecule has 0 spiro atoms. The highest BCUT2D eigenvalue weighted by Gasteiger charge is 2.31. The van der Waals surface area contributed by atoms with Gasteiger partial charge in [-0.1, -0.05) is 18.2 Å². The van der Waals surface area contributed by atoms with Crippen LogP contribution in [0.3, 0.4) is 0 Å². The second-order valence-corrected chi connectivity index (χ2v) is 6.98. The Balaban J connectivity index is 1.60. The summed E-state index contributed by atoms with van der Waals surface area (Å²) in [6, 6.07) is 11.6. The van der Waals surface area contributed by atoms with Crippen LogP contribution >= 0.6 is 0 Å². The molecule has 0 aliphatic carbocycles. The van der Waals surface area contributed by atoms with Gasteiger partial charge in [0.25, 0.3) is 0 Å². The summed E-state index contributed by atoms with van der Waals surface area (Å²) < 4.78 is 27.1. The van der Waals surface area contributed by atoms with Crippen LogP contribution in [0.2, 0.25) is 0 Å². The van der Waals surface area contributed by atoms with Crippen molar-refractivity contribution in [2.24, 2.45) is 5.92 Å². The Bertz CT molecular complexity index is 845. The lowest BCUT2D eigenvalue weighted by molar-refractivity contribution is -0.125. The van der Waals surface area contributed by atoms with Gasteiger partial charge in [0.15, 0.2) is 0 Å². The van der Waals surface area contributed by atoms with Gasteiger partial charge in [-0.2, -0.15) is 0 Å². The van der Waals surface area contributed by atoms with E-state index in [4.69, 9.17) is 0 Å². The second kappa shape index (κ2) is 8.93. The molecule has 1 aliphatic rings. The zero-order valence-corrected chi connectivity index (χ0v) is 15.6. The molecule has 2 aromatic rings. The third-order valence-electron chi connectivity index (χ3n) is 4.98. The summed E-state index contributed by atoms with van der Waals surface area (Å²) in [6.45, 7) is 2.79. The summed E-state index contributed by atoms with van der Waals surface area (Å²) in [6.07, 6.45) is 1.51. The quantitative estimate of drug-likeness (QED) is 0.823. The smallest absolute Gasteiger partial charge is 0.241 e. The van der Waals surface area contributed by atoms with Gasteiger partial charge in [-0.3, -0.25) is 14.5 Å². The molecule has 2 amide bonds. The van der Waals surface area contributed by atoms with Crippen LogP contribution in [0.4, 0.5) is 20.2 Å². The normalized spacial score (nSPS) is 18.3. The summed E-state index contributed by atoms with van der Waals surface area (Å²) in [7, 11) is 0. The van der Waals surface area contributed by atoms with Gasteiger partial charge < -0.3 is 10.6 Å². The Kier molecular flexibility index (Phi) is 6.36. The number of anilines is 2. The lowest BCUT2D eigenvalue weighted by atomic mass is 9.95. The van der Waals surface area contributed by atoms with E-state index >= 15 is 0 Å². The summed E-state index contributed by atoms with van der Waals surface area (Å²) in [5.74, 6) is -2.08. The summed E-state index contributed by atoms with van der Waals surface area (Å²) in [5, 5.41) is 5.33. The Morgan fingerprint density at radius 2 is 1.86 bits per heavy atom. The molecular formula is C21H23F2N3O2. The molecule has 2 aromatic carbocycles. The zero-order chi connectivity index (χ0) is 20.1. The van der Waals surface area contributed by atoms with Crippen molar-refractivity contribution in [3.8, 4) is 0 Å². The average molecular weight is 387 g/mol. The number of benzene rings is 2. The molecule has 2 atom stereocenters. The summed E-state index contributed by atoms with van der Waals surface area (Å²) in [5.41, 5.74) is 0.546. The number of halogens is 2. The Labute approximate surface area is 162 Å². The molecule has 3 rings (SSSR count). The molecule has 1 saturated heterocycles. The number of nitrogens with one attached hydrogen (secondary N) is 2. The maximum atomic E-state index is 13.8. The molecule has 5 nitrogen and oxygen atoms in total. The lowest BCUT2D eigenvalue weighted by Gasteiger charge is -2.35. The molecule has 0 saturated carbocycles. The number of hydrogen-bond donors (Lipinski definition) is 2. The first-order valence-electron chi connectivity index (χ1n) is 9.30. The van der Waals surface area contributed by atoms with Crippen LogP contribution in [-0.4, -0.2) is 35.8 Å². The van der Waals surface area contributed by atoms with Crippen molar-refractivity contribution in [3.05, 3.63) is 60.2 Å². The van der Waals surface area contributed by atoms with Gasteiger partial charge in [0, 0.05) is 18.3 Å². The summed E-state index contributed by atoms with van der Waals surface area (Å²) in [4.78, 5) is 26.9. The second-order valence-electron chi connectivity index (χ2n) is 6.98. The molecule has 0 aromatic heterocycles. The van der Waals surface area contributed by atoms with E-state index in [0.717, 1.165) is 36.7 Å². The van der Waals surface area contributed by atoms with Crippen molar-refractivity contribution >= 4 is 23.2 Å². The fraction of sp³-hybridized carbons (Fsp3) is 0.333. The number of piperidine rings is 1. The van der Waals surface area contributed by atoms with Gasteiger partial charge in [0.05, 0.1) is 17.6 Å². The number of carbonyl (C=O) groups is 2. The number of nitrogens with zero attached hydrogens (tertiary/aromatic N) is 1. The minimum Gasteiger partial charge on any atom is -0.326 e. The largest absolute Gasteiger partial charge is 0.326 e. The first-order chi connectivity index (χ1) is 13.4. The molecule has 7 heteroatoms. The van der Waals surface area contributed by atoms with Crippen LogP contribution < -0.4 is 10.6 Å². The van der Waals surface area contributed by atoms with Gasteiger partial charge in [0.1, 0.15) is 11.6 Å². The molecule has 1 heterocycles. The van der Waals surface area contributed by atoms with E-state index in [9.17, 15) is 18.4 Å². The van der Waals surface area contributed by atoms with Crippen molar-refractivity contribution in [2.75, 3.05) is 23.7 Å². The Morgan fingerprint density at radius 1 is 1.11 bits per heavy atom. The third-order valence-corrected chi connectivity index (χ3v) is 4.98. The predicted octanol–water partition coefficient (Wildman–Crippen LogP) is 3.64. The maximum Gasteiger partial charge on any atom is 0.241 e. The minimum atomic E-state index is -0.694. The molecule has 0 bridgehead atoms. The molecule has 2 unspecified atom stereocenters. The van der Waals surface area contributed by atoms with E-state index < -0.39 is 23.6 Å². The highest BCUT2D eigenvalue weighted by atomic mass is 19.1. The number of amides is 2. The fourth-order valence-corrected chi connectivity index (χ4v) is 3.33. The van der Waals surface area contributed by atoms with Crippen LogP contribution in [0.5, 0.6) is 0 Å². The van der Waals surface area contributed by atoms with Crippen molar-refractivity contribution in [3.63, 3.8) is 0 Å². The highest BCUT2D eigenvalue weighted by molar-refractivity contribution is 5.95. The minimum absolute atomic E-state index is 0.0836. The zero-order valence-electron chi connectivity index (χ0n) is 15.6. The van der Waals surface area contributed by atoms with Crippen LogP contribution in [0, 0.1) is 17.6 Å². The number of hydrogen-bond acceptors (Lipinski definition) is 3. The first-order valence-corrected chi connectivity index (χ1v) is 9.30. The molecule has 28 heavy (non-hydrogen) atoms. The molecule has 0 radical (unpaired) electrons. The van der Waals surface area contributed by atoms with Crippen molar-refractivity contribution < 1.29 is 18.4 Å². The number of rotatable bonds is 5. The van der Waals surface area contributed by atoms with Crippen molar-refractivity contribution in [1.82, 2.24) is 4.90 Å². The molecule has 2 N–H and O–H groups in total. The monoisotopic (exact) mass is 387 g/mol. The lowest BCUT2D eigenvalue weighted by Crippen LogP contribution is -2.49. The van der Waals surface area contributed by atoms with Crippen LogP contribution in [0.1, 0.15) is 19.8 Å². The molecular weight excluding hydrogens is 364 g/mol. The number of para-hydroxylation sites is 1. The van der Waals surface area contributed by atoms with Crippen molar-refractivity contribution in [1.29, 1.82) is 0 Å². The van der Waals surface area contributed by atoms with E-state index in [0.29, 0.717) is 13.1 Å². The van der Waals surface area contributed by atoms with E-state index in [2.05, 4.69) is 10.6 Å². The predicted molar refractivity (Wildman–Crippen MR) is 104 cm³/mol. The van der Waals surface area contributed by atoms with E-state index in [1.807, 2.05) is 35.2 Å². The van der Waals surface area contributed by atoms with Gasteiger partial charge >= 0.3 is 0 Å². The van der Waals surface area contributed by atoms with Gasteiger partial charge in [-0.15, -0.1) is 0 Å². The average Bonchev–Trinajstić information content (AvgIpc) is 2.71. The SMILES string of the molecule is CC(C(=O)Nc1cc(F)ccc1F)N1CCCC(C(=O)Nc2ccccc2)C1. The van der Waals surface area contributed by atoms with Gasteiger partial charge in [-0.25, -0.2) is 8.78 Å². The summed E-state index contributed by atoms with van der Waals surface area (Å²) >= 11 is 0. The van der Waals surface area contributed by atoms with Crippen LogP contribution in [-0.2, 0) is 9.59 Å². The first kappa shape index (κ1) is 19.9. The molecule has 1 aliphatic heterocycles. The van der Waals surface area contributed by atoms with Crippen LogP contribution in [0.15, 0.2) is 48.5 Å². The van der Waals surface area contributed by atoms with Gasteiger partial charge in [-0.05, 0) is 50.6 Å². The Morgan fingerprint density at radius 3 is 2.61 bits per heavy atom. The standard InChI is InChI=1S/C21H23F2N3O2/c1-14(20(27)25-19-12-16(22)9-10-18(19)23)26-11-5-6-15(13-26)21(28)24-17-7-3-2-4-8-17/h2-4,7-10,12,14-15H,5-6,11,13H2,1H3,(H,24,28)(H,25,27). The van der Waals surface area contributed by atoms with Gasteiger partial charge in [0.2, 0.25) is 11.8 Å². The maximum absolute atomic E-state index is 13.8.